The van der Waals surface area contributed by atoms with E-state index in [0.29, 0.717) is 20.6 Å². The van der Waals surface area contributed by atoms with E-state index in [0.717, 1.165) is 22.5 Å². The van der Waals surface area contributed by atoms with Gasteiger partial charge in [-0.15, -0.1) is 10.2 Å². The predicted molar refractivity (Wildman–Crippen MR) is 140 cm³/mol. The zero-order valence-corrected chi connectivity index (χ0v) is 21.2. The average molecular weight is 564 g/mol. The monoisotopic (exact) mass is 563 g/mol. The van der Waals surface area contributed by atoms with Crippen molar-refractivity contribution in [2.45, 2.75) is 6.92 Å². The number of rotatable bonds is 6. The normalized spacial score (nSPS) is 10.7. The molecule has 1 heterocycles. The van der Waals surface area contributed by atoms with Gasteiger partial charge in [0.15, 0.2) is 0 Å². The van der Waals surface area contributed by atoms with E-state index < -0.39 is 17.8 Å². The first-order valence-corrected chi connectivity index (χ1v) is 12.1. The molecule has 0 aliphatic heterocycles. The Hall–Kier alpha value is -4.22. The number of amides is 2. The number of carbonyl (C=O) groups excluding carboxylic acids is 3. The summed E-state index contributed by atoms with van der Waals surface area (Å²) in [6.07, 6.45) is 1.27. The van der Waals surface area contributed by atoms with Crippen molar-refractivity contribution in [2.75, 3.05) is 5.32 Å². The van der Waals surface area contributed by atoms with Crippen LogP contribution in [0.25, 0.3) is 10.6 Å². The second-order valence-electron chi connectivity index (χ2n) is 7.32. The molecule has 11 heteroatoms. The van der Waals surface area contributed by atoms with Crippen molar-refractivity contribution in [3.05, 3.63) is 94.0 Å². The Morgan fingerprint density at radius 3 is 2.50 bits per heavy atom. The first kappa shape index (κ1) is 24.9. The van der Waals surface area contributed by atoms with E-state index in [1.807, 2.05) is 49.4 Å². The molecule has 0 unspecified atom stereocenters. The quantitative estimate of drug-likeness (QED) is 0.116. The minimum Gasteiger partial charge on any atom is -0.422 e. The molecule has 3 aromatic carbocycles. The number of anilines is 1. The second-order valence-corrected chi connectivity index (χ2v) is 9.21. The van der Waals surface area contributed by atoms with Crippen molar-refractivity contribution in [3.63, 3.8) is 0 Å². The molecule has 0 fully saturated rings. The van der Waals surface area contributed by atoms with Gasteiger partial charge in [-0.3, -0.25) is 14.9 Å². The molecule has 4 rings (SSSR count). The minimum absolute atomic E-state index is 0.176. The smallest absolute Gasteiger partial charge is 0.343 e. The molecule has 0 bridgehead atoms. The van der Waals surface area contributed by atoms with E-state index in [1.54, 1.807) is 30.3 Å². The van der Waals surface area contributed by atoms with Gasteiger partial charge in [0.2, 0.25) is 5.13 Å². The van der Waals surface area contributed by atoms with Crippen molar-refractivity contribution in [2.24, 2.45) is 5.10 Å². The highest BCUT2D eigenvalue weighted by atomic mass is 79.9. The number of esters is 1. The summed E-state index contributed by atoms with van der Waals surface area (Å²) < 4.78 is 6.24. The van der Waals surface area contributed by atoms with Crippen molar-refractivity contribution in [1.29, 1.82) is 0 Å². The molecule has 2 amide bonds. The summed E-state index contributed by atoms with van der Waals surface area (Å²) in [6.45, 7) is 1.81. The molecule has 0 spiro atoms. The highest BCUT2D eigenvalue weighted by molar-refractivity contribution is 9.10. The van der Waals surface area contributed by atoms with E-state index in [-0.39, 0.29) is 10.9 Å². The van der Waals surface area contributed by atoms with Gasteiger partial charge in [0, 0.05) is 15.6 Å². The maximum absolute atomic E-state index is 12.6. The summed E-state index contributed by atoms with van der Waals surface area (Å²) in [6, 6.07) is 21.3. The van der Waals surface area contributed by atoms with Gasteiger partial charge in [-0.2, -0.15) is 5.10 Å². The largest absolute Gasteiger partial charge is 0.422 e. The second kappa shape index (κ2) is 11.5. The lowest BCUT2D eigenvalue weighted by Gasteiger charge is -2.09. The van der Waals surface area contributed by atoms with Gasteiger partial charge >= 0.3 is 17.8 Å². The molecule has 36 heavy (non-hydrogen) atoms. The third-order valence-corrected chi connectivity index (χ3v) is 6.16. The molecule has 180 valence electrons. The van der Waals surface area contributed by atoms with Crippen LogP contribution < -0.4 is 15.5 Å². The molecule has 0 radical (unpaired) electrons. The predicted octanol–water partition coefficient (Wildman–Crippen LogP) is 4.58. The summed E-state index contributed by atoms with van der Waals surface area (Å²) in [5.41, 5.74) is 4.61. The Kier molecular flexibility index (Phi) is 7.93. The molecular weight excluding hydrogens is 546 g/mol. The number of ether oxygens (including phenoxy) is 1. The minimum atomic E-state index is -1.00. The number of aromatic nitrogens is 2. The van der Waals surface area contributed by atoms with Crippen LogP contribution in [0.1, 0.15) is 21.5 Å². The standard InChI is InChI=1S/C25H18BrN5O4S/c1-15-7-5-6-10-19(15)24(34)35-20-12-11-18(26)13-17(20)14-27-29-22(33)21(32)28-25-31-30-23(36-25)16-8-3-2-4-9-16/h2-14H,1H3,(H,29,33)(H,28,31,32). The van der Waals surface area contributed by atoms with Crippen LogP contribution in [0.2, 0.25) is 0 Å². The maximum atomic E-state index is 12.6. The van der Waals surface area contributed by atoms with Crippen LogP contribution in [0.3, 0.4) is 0 Å². The lowest BCUT2D eigenvalue weighted by molar-refractivity contribution is -0.136. The molecule has 0 saturated carbocycles. The van der Waals surface area contributed by atoms with E-state index >= 15 is 0 Å². The molecule has 9 nitrogen and oxygen atoms in total. The highest BCUT2D eigenvalue weighted by Gasteiger charge is 2.17. The van der Waals surface area contributed by atoms with Crippen molar-refractivity contribution < 1.29 is 19.1 Å². The zero-order chi connectivity index (χ0) is 25.5. The number of halogens is 1. The van der Waals surface area contributed by atoms with Gasteiger partial charge in [-0.25, -0.2) is 10.2 Å². The highest BCUT2D eigenvalue weighted by Crippen LogP contribution is 2.26. The molecule has 4 aromatic rings. The first-order chi connectivity index (χ1) is 17.4. The Morgan fingerprint density at radius 1 is 0.972 bits per heavy atom. The summed E-state index contributed by atoms with van der Waals surface area (Å²) >= 11 is 4.49. The Morgan fingerprint density at radius 2 is 1.72 bits per heavy atom. The van der Waals surface area contributed by atoms with Crippen LogP contribution in [0.15, 0.2) is 82.4 Å². The summed E-state index contributed by atoms with van der Waals surface area (Å²) in [7, 11) is 0. The fourth-order valence-electron chi connectivity index (χ4n) is 3.01. The van der Waals surface area contributed by atoms with Crippen LogP contribution in [-0.2, 0) is 9.59 Å². The summed E-state index contributed by atoms with van der Waals surface area (Å²) in [5, 5.41) is 14.9. The van der Waals surface area contributed by atoms with Crippen LogP contribution in [0.4, 0.5) is 5.13 Å². The third-order valence-electron chi connectivity index (χ3n) is 4.78. The number of aryl methyl sites for hydroxylation is 1. The lowest BCUT2D eigenvalue weighted by atomic mass is 10.1. The molecular formula is C25H18BrN5O4S. The lowest BCUT2D eigenvalue weighted by Crippen LogP contribution is -2.32. The number of benzene rings is 3. The number of nitrogens with zero attached hydrogens (tertiary/aromatic N) is 3. The van der Waals surface area contributed by atoms with Crippen LogP contribution in [0.5, 0.6) is 5.75 Å². The van der Waals surface area contributed by atoms with Gasteiger partial charge in [0.05, 0.1) is 11.8 Å². The zero-order valence-electron chi connectivity index (χ0n) is 18.8. The number of hydrogen-bond donors (Lipinski definition) is 2. The average Bonchev–Trinajstić information content (AvgIpc) is 3.34. The van der Waals surface area contributed by atoms with Gasteiger partial charge in [-0.05, 0) is 36.8 Å². The van der Waals surface area contributed by atoms with Crippen molar-refractivity contribution >= 4 is 56.4 Å². The molecule has 0 atom stereocenters. The molecule has 0 aliphatic carbocycles. The van der Waals surface area contributed by atoms with E-state index in [9.17, 15) is 14.4 Å². The third kappa shape index (κ3) is 6.26. The summed E-state index contributed by atoms with van der Waals surface area (Å²) in [4.78, 5) is 37.0. The van der Waals surface area contributed by atoms with E-state index in [1.165, 1.54) is 6.21 Å². The molecule has 2 N–H and O–H groups in total. The van der Waals surface area contributed by atoms with Crippen LogP contribution >= 0.6 is 27.3 Å². The van der Waals surface area contributed by atoms with Crippen molar-refractivity contribution in [3.8, 4) is 16.3 Å². The Bertz CT molecular complexity index is 1460. The van der Waals surface area contributed by atoms with Gasteiger partial charge < -0.3 is 4.74 Å². The Labute approximate surface area is 218 Å². The summed E-state index contributed by atoms with van der Waals surface area (Å²) in [5.74, 6) is -2.25. The molecule has 1 aromatic heterocycles. The topological polar surface area (TPSA) is 123 Å². The van der Waals surface area contributed by atoms with E-state index in [2.05, 4.69) is 42.0 Å². The SMILES string of the molecule is Cc1ccccc1C(=O)Oc1ccc(Br)cc1C=NNC(=O)C(=O)Nc1nnc(-c2ccccc2)s1. The first-order valence-electron chi connectivity index (χ1n) is 10.5. The van der Waals surface area contributed by atoms with Crippen LogP contribution in [-0.4, -0.2) is 34.2 Å². The van der Waals surface area contributed by atoms with Crippen LogP contribution in [0, 0.1) is 6.92 Å². The van der Waals surface area contributed by atoms with Gasteiger partial charge in [0.1, 0.15) is 10.8 Å². The molecule has 0 aliphatic rings. The van der Waals surface area contributed by atoms with E-state index in [4.69, 9.17) is 4.74 Å². The Balaban J connectivity index is 1.39. The fraction of sp³-hybridized carbons (Fsp3) is 0.0400. The number of hydrazone groups is 1. The maximum Gasteiger partial charge on any atom is 0.343 e. The fourth-order valence-corrected chi connectivity index (χ4v) is 4.13. The number of carbonyl (C=O) groups is 3. The van der Waals surface area contributed by atoms with Gasteiger partial charge in [-0.1, -0.05) is 75.8 Å². The van der Waals surface area contributed by atoms with Gasteiger partial charge in [0.25, 0.3) is 0 Å². The van der Waals surface area contributed by atoms with Crippen molar-refractivity contribution in [1.82, 2.24) is 15.6 Å². The number of nitrogens with one attached hydrogen (secondary N) is 2. The molecule has 0 saturated heterocycles. The number of hydrogen-bond acceptors (Lipinski definition) is 8.